The largest absolute Gasteiger partial charge is 0.369 e. The van der Waals surface area contributed by atoms with Crippen LogP contribution in [0.2, 0.25) is 0 Å². The highest BCUT2D eigenvalue weighted by molar-refractivity contribution is 7.90. The minimum atomic E-state index is -3.14. The van der Waals surface area contributed by atoms with E-state index in [9.17, 15) is 12.8 Å². The number of aromatic nitrogens is 2. The Morgan fingerprint density at radius 3 is 2.78 bits per heavy atom. The number of fused-ring (bicyclic) bond motifs is 1. The topological polar surface area (TPSA) is 78.0 Å². The fraction of sp³-hybridized carbons (Fsp3) is 0.364. The Bertz CT molecular complexity index is 694. The molecule has 1 unspecified atom stereocenters. The number of nitrogens with two attached hydrogens (primary N) is 1. The molecule has 2 rings (SSSR count). The molecule has 98 valence electrons. The van der Waals surface area contributed by atoms with E-state index in [0.717, 1.165) is 6.26 Å². The van der Waals surface area contributed by atoms with Gasteiger partial charge >= 0.3 is 0 Å². The van der Waals surface area contributed by atoms with E-state index in [1.165, 1.54) is 18.2 Å². The fourth-order valence-corrected chi connectivity index (χ4v) is 3.09. The summed E-state index contributed by atoms with van der Waals surface area (Å²) in [7, 11) is -3.14. The van der Waals surface area contributed by atoms with E-state index in [4.69, 9.17) is 5.73 Å². The number of hydrogen-bond donors (Lipinski definition) is 1. The maximum Gasteiger partial charge on any atom is 0.201 e. The van der Waals surface area contributed by atoms with E-state index in [-0.39, 0.29) is 11.7 Å². The summed E-state index contributed by atoms with van der Waals surface area (Å²) in [6, 6.07) is 3.72. The summed E-state index contributed by atoms with van der Waals surface area (Å²) in [4.78, 5) is 4.08. The standard InChI is InChI=1S/C11H14FN3O2S/c1-7(6-18(2,16)17)15-10-5-8(12)3-4-9(10)14-11(15)13/h3-5,7H,6H2,1-2H3,(H2,13,14). The van der Waals surface area contributed by atoms with Crippen LogP contribution in [-0.4, -0.2) is 30.0 Å². The Balaban J connectivity index is 2.56. The predicted molar refractivity (Wildman–Crippen MR) is 68.5 cm³/mol. The number of rotatable bonds is 3. The number of hydrogen-bond acceptors (Lipinski definition) is 4. The van der Waals surface area contributed by atoms with Crippen LogP contribution in [0.1, 0.15) is 13.0 Å². The van der Waals surface area contributed by atoms with Gasteiger partial charge in [0.05, 0.1) is 16.8 Å². The first-order valence-electron chi connectivity index (χ1n) is 5.38. The minimum Gasteiger partial charge on any atom is -0.369 e. The second kappa shape index (κ2) is 4.24. The normalized spacial score (nSPS) is 13.9. The molecule has 0 radical (unpaired) electrons. The first-order valence-corrected chi connectivity index (χ1v) is 7.44. The van der Waals surface area contributed by atoms with E-state index < -0.39 is 21.7 Å². The van der Waals surface area contributed by atoms with Crippen LogP contribution in [0.15, 0.2) is 18.2 Å². The van der Waals surface area contributed by atoms with Gasteiger partial charge in [0.1, 0.15) is 15.7 Å². The van der Waals surface area contributed by atoms with Crippen molar-refractivity contribution in [2.45, 2.75) is 13.0 Å². The van der Waals surface area contributed by atoms with Gasteiger partial charge in [-0.2, -0.15) is 0 Å². The molecule has 0 saturated heterocycles. The summed E-state index contributed by atoms with van der Waals surface area (Å²) in [5.74, 6) is -0.291. The number of nitrogen functional groups attached to an aromatic ring is 1. The molecule has 2 N–H and O–H groups in total. The SMILES string of the molecule is CC(CS(C)(=O)=O)n1c(N)nc2ccc(F)cc21. The molecule has 0 amide bonds. The molecule has 0 aliphatic heterocycles. The highest BCUT2D eigenvalue weighted by Crippen LogP contribution is 2.24. The van der Waals surface area contributed by atoms with Crippen molar-refractivity contribution in [1.29, 1.82) is 0 Å². The van der Waals surface area contributed by atoms with Crippen LogP contribution < -0.4 is 5.73 Å². The van der Waals surface area contributed by atoms with E-state index in [0.29, 0.717) is 11.0 Å². The molecule has 0 saturated carbocycles. The zero-order chi connectivity index (χ0) is 13.5. The van der Waals surface area contributed by atoms with E-state index in [1.807, 2.05) is 0 Å². The van der Waals surface area contributed by atoms with Crippen molar-refractivity contribution in [3.63, 3.8) is 0 Å². The van der Waals surface area contributed by atoms with E-state index in [1.54, 1.807) is 11.5 Å². The average Bonchev–Trinajstić information content (AvgIpc) is 2.50. The smallest absolute Gasteiger partial charge is 0.201 e. The summed E-state index contributed by atoms with van der Waals surface area (Å²) < 4.78 is 37.4. The molecule has 0 bridgehead atoms. The monoisotopic (exact) mass is 271 g/mol. The van der Waals surface area contributed by atoms with Crippen LogP contribution in [0.25, 0.3) is 11.0 Å². The molecule has 0 spiro atoms. The minimum absolute atomic E-state index is 0.0703. The molecule has 18 heavy (non-hydrogen) atoms. The predicted octanol–water partition coefficient (Wildman–Crippen LogP) is 1.36. The van der Waals surface area contributed by atoms with Crippen molar-refractivity contribution >= 4 is 26.8 Å². The highest BCUT2D eigenvalue weighted by atomic mass is 32.2. The molecule has 1 aromatic heterocycles. The van der Waals surface area contributed by atoms with Crippen molar-refractivity contribution in [2.24, 2.45) is 0 Å². The first kappa shape index (κ1) is 12.8. The van der Waals surface area contributed by atoms with Crippen LogP contribution >= 0.6 is 0 Å². The number of benzene rings is 1. The molecule has 1 heterocycles. The molecule has 1 atom stereocenters. The summed E-state index contributed by atoms with van der Waals surface area (Å²) in [6.07, 6.45) is 1.15. The summed E-state index contributed by atoms with van der Waals surface area (Å²) in [5, 5.41) is 0. The maximum atomic E-state index is 13.2. The lowest BCUT2D eigenvalue weighted by molar-refractivity contribution is 0.571. The molecular formula is C11H14FN3O2S. The Labute approximate surface area is 104 Å². The van der Waals surface area contributed by atoms with Gasteiger partial charge in [0, 0.05) is 12.3 Å². The molecule has 2 aromatic rings. The van der Waals surface area contributed by atoms with Gasteiger partial charge in [-0.1, -0.05) is 0 Å². The van der Waals surface area contributed by atoms with Gasteiger partial charge in [0.15, 0.2) is 0 Å². The van der Waals surface area contributed by atoms with Crippen LogP contribution in [0, 0.1) is 5.82 Å². The number of nitrogens with zero attached hydrogens (tertiary/aromatic N) is 2. The zero-order valence-electron chi connectivity index (χ0n) is 10.1. The van der Waals surface area contributed by atoms with Gasteiger partial charge in [-0.3, -0.25) is 0 Å². The van der Waals surface area contributed by atoms with E-state index in [2.05, 4.69) is 4.98 Å². The Hall–Kier alpha value is -1.63. The van der Waals surface area contributed by atoms with Gasteiger partial charge in [0.2, 0.25) is 5.95 Å². The molecule has 0 aliphatic rings. The molecule has 0 fully saturated rings. The average molecular weight is 271 g/mol. The lowest BCUT2D eigenvalue weighted by atomic mass is 10.3. The second-order valence-corrected chi connectivity index (χ2v) is 6.60. The molecule has 7 heteroatoms. The quantitative estimate of drug-likeness (QED) is 0.914. The lowest BCUT2D eigenvalue weighted by Crippen LogP contribution is -2.18. The first-order chi connectivity index (χ1) is 8.28. The van der Waals surface area contributed by atoms with E-state index >= 15 is 0 Å². The van der Waals surface area contributed by atoms with Gasteiger partial charge in [-0.15, -0.1) is 0 Å². The molecular weight excluding hydrogens is 257 g/mol. The van der Waals surface area contributed by atoms with Crippen molar-refractivity contribution < 1.29 is 12.8 Å². The zero-order valence-corrected chi connectivity index (χ0v) is 10.9. The van der Waals surface area contributed by atoms with Gasteiger partial charge < -0.3 is 10.3 Å². The lowest BCUT2D eigenvalue weighted by Gasteiger charge is -2.14. The number of imidazole rings is 1. The van der Waals surface area contributed by atoms with Crippen LogP contribution in [-0.2, 0) is 9.84 Å². The number of halogens is 1. The second-order valence-electron chi connectivity index (χ2n) is 4.41. The Morgan fingerprint density at radius 1 is 1.50 bits per heavy atom. The van der Waals surface area contributed by atoms with Crippen LogP contribution in [0.4, 0.5) is 10.3 Å². The van der Waals surface area contributed by atoms with Crippen LogP contribution in [0.5, 0.6) is 0 Å². The number of sulfone groups is 1. The third-order valence-electron chi connectivity index (χ3n) is 2.66. The highest BCUT2D eigenvalue weighted by Gasteiger charge is 2.18. The van der Waals surface area contributed by atoms with Gasteiger partial charge in [-0.25, -0.2) is 17.8 Å². The van der Waals surface area contributed by atoms with Crippen molar-refractivity contribution in [2.75, 3.05) is 17.7 Å². The van der Waals surface area contributed by atoms with Crippen LogP contribution in [0.3, 0.4) is 0 Å². The molecule has 0 aliphatic carbocycles. The molecule has 5 nitrogen and oxygen atoms in total. The van der Waals surface area contributed by atoms with Gasteiger partial charge in [0.25, 0.3) is 0 Å². The van der Waals surface area contributed by atoms with Crippen molar-refractivity contribution in [1.82, 2.24) is 9.55 Å². The van der Waals surface area contributed by atoms with Gasteiger partial charge in [-0.05, 0) is 25.1 Å². The van der Waals surface area contributed by atoms with Crippen molar-refractivity contribution in [3.05, 3.63) is 24.0 Å². The number of anilines is 1. The maximum absolute atomic E-state index is 13.2. The summed E-state index contributed by atoms with van der Waals surface area (Å²) in [6.45, 7) is 1.71. The van der Waals surface area contributed by atoms with Crippen molar-refractivity contribution in [3.8, 4) is 0 Å². The third-order valence-corrected chi connectivity index (χ3v) is 3.75. The Kier molecular flexibility index (Phi) is 3.02. The third kappa shape index (κ3) is 2.45. The molecule has 1 aromatic carbocycles. The Morgan fingerprint density at radius 2 is 2.17 bits per heavy atom. The fourth-order valence-electron chi connectivity index (χ4n) is 2.06. The summed E-state index contributed by atoms with van der Waals surface area (Å²) >= 11 is 0. The summed E-state index contributed by atoms with van der Waals surface area (Å²) in [5.41, 5.74) is 6.81.